The predicted octanol–water partition coefficient (Wildman–Crippen LogP) is 4.25. The summed E-state index contributed by atoms with van der Waals surface area (Å²) >= 11 is 11.9. The van der Waals surface area contributed by atoms with Crippen molar-refractivity contribution in [1.82, 2.24) is 15.2 Å². The zero-order chi connectivity index (χ0) is 22.5. The molecule has 7 nitrogen and oxygen atoms in total. The molecule has 0 unspecified atom stereocenters. The number of hydrogen-bond acceptors (Lipinski definition) is 4. The van der Waals surface area contributed by atoms with Crippen molar-refractivity contribution in [2.75, 3.05) is 24.5 Å². The fourth-order valence-corrected chi connectivity index (χ4v) is 4.13. The van der Waals surface area contributed by atoms with E-state index >= 15 is 0 Å². The third-order valence-corrected chi connectivity index (χ3v) is 5.62. The number of aromatic nitrogens is 1. The van der Waals surface area contributed by atoms with Gasteiger partial charge in [0.1, 0.15) is 5.15 Å². The van der Waals surface area contributed by atoms with Gasteiger partial charge in [0, 0.05) is 24.3 Å². The number of halogens is 2. The van der Waals surface area contributed by atoms with E-state index < -0.39 is 17.8 Å². The van der Waals surface area contributed by atoms with Crippen LogP contribution in [0.3, 0.4) is 0 Å². The summed E-state index contributed by atoms with van der Waals surface area (Å²) in [4.78, 5) is 45.5. The molecule has 1 aromatic carbocycles. The van der Waals surface area contributed by atoms with Crippen molar-refractivity contribution in [1.29, 1.82) is 0 Å². The number of rotatable bonds is 4. The lowest BCUT2D eigenvalue weighted by Gasteiger charge is -2.37. The number of hydrogen-bond donors (Lipinski definition) is 1. The molecule has 164 valence electrons. The minimum absolute atomic E-state index is 0.0365. The number of urea groups is 1. The second-order valence-corrected chi connectivity index (χ2v) is 8.66. The number of likely N-dealkylation sites (tertiary alicyclic amines) is 1. The van der Waals surface area contributed by atoms with Crippen LogP contribution in [0.2, 0.25) is 10.2 Å². The average Bonchev–Trinajstić information content (AvgIpc) is 2.73. The lowest BCUT2D eigenvalue weighted by molar-refractivity contribution is -0.117. The molecule has 31 heavy (non-hydrogen) atoms. The van der Waals surface area contributed by atoms with Crippen LogP contribution in [0.15, 0.2) is 42.6 Å². The minimum Gasteiger partial charge on any atom is -0.343 e. The van der Waals surface area contributed by atoms with Crippen molar-refractivity contribution in [3.05, 3.63) is 58.3 Å². The molecule has 9 heteroatoms. The lowest BCUT2D eigenvalue weighted by atomic mass is 9.92. The van der Waals surface area contributed by atoms with Crippen molar-refractivity contribution in [2.24, 2.45) is 11.8 Å². The molecule has 0 saturated carbocycles. The molecule has 2 heterocycles. The summed E-state index contributed by atoms with van der Waals surface area (Å²) in [6.07, 6.45) is 2.49. The minimum atomic E-state index is -0.563. The molecule has 1 aliphatic heterocycles. The zero-order valence-corrected chi connectivity index (χ0v) is 18.9. The van der Waals surface area contributed by atoms with Crippen LogP contribution in [0.5, 0.6) is 0 Å². The second-order valence-electron chi connectivity index (χ2n) is 7.86. The Morgan fingerprint density at radius 2 is 1.74 bits per heavy atom. The van der Waals surface area contributed by atoms with Crippen LogP contribution in [-0.4, -0.2) is 47.4 Å². The number of anilines is 1. The van der Waals surface area contributed by atoms with E-state index in [9.17, 15) is 14.4 Å². The van der Waals surface area contributed by atoms with E-state index in [0.29, 0.717) is 35.6 Å². The maximum atomic E-state index is 13.3. The maximum Gasteiger partial charge on any atom is 0.331 e. The summed E-state index contributed by atoms with van der Waals surface area (Å²) in [5, 5.41) is 3.05. The van der Waals surface area contributed by atoms with Crippen molar-refractivity contribution in [3.63, 3.8) is 0 Å². The van der Waals surface area contributed by atoms with E-state index in [4.69, 9.17) is 23.2 Å². The van der Waals surface area contributed by atoms with Crippen LogP contribution < -0.4 is 10.2 Å². The van der Waals surface area contributed by atoms with E-state index in [2.05, 4.69) is 24.1 Å². The Hall–Kier alpha value is -2.64. The van der Waals surface area contributed by atoms with Gasteiger partial charge in [0.05, 0.1) is 17.8 Å². The molecule has 1 fully saturated rings. The molecule has 0 spiro atoms. The smallest absolute Gasteiger partial charge is 0.331 e. The van der Waals surface area contributed by atoms with Gasteiger partial charge in [-0.3, -0.25) is 9.59 Å². The number of nitrogens with one attached hydrogen (secondary N) is 1. The number of imide groups is 1. The maximum absolute atomic E-state index is 13.3. The molecule has 0 bridgehead atoms. The Kier molecular flexibility index (Phi) is 7.51. The highest BCUT2D eigenvalue weighted by Crippen LogP contribution is 2.25. The van der Waals surface area contributed by atoms with Gasteiger partial charge in [-0.15, -0.1) is 0 Å². The van der Waals surface area contributed by atoms with E-state index in [1.165, 1.54) is 12.3 Å². The Morgan fingerprint density at radius 3 is 2.35 bits per heavy atom. The number of piperidine rings is 1. The highest BCUT2D eigenvalue weighted by molar-refractivity contribution is 6.32. The molecule has 2 atom stereocenters. The van der Waals surface area contributed by atoms with Crippen LogP contribution in [0.1, 0.15) is 30.6 Å². The number of benzene rings is 1. The molecular formula is C22H24Cl2N4O3. The molecule has 1 N–H and O–H groups in total. The summed E-state index contributed by atoms with van der Waals surface area (Å²) in [7, 11) is 0. The molecule has 1 aliphatic rings. The molecule has 0 aliphatic carbocycles. The lowest BCUT2D eigenvalue weighted by Crippen LogP contribution is -2.53. The van der Waals surface area contributed by atoms with Crippen molar-refractivity contribution in [3.8, 4) is 0 Å². The molecule has 1 saturated heterocycles. The van der Waals surface area contributed by atoms with Gasteiger partial charge >= 0.3 is 6.03 Å². The van der Waals surface area contributed by atoms with E-state index in [1.807, 2.05) is 0 Å². The highest BCUT2D eigenvalue weighted by atomic mass is 35.5. The first-order valence-corrected chi connectivity index (χ1v) is 10.8. The van der Waals surface area contributed by atoms with Crippen molar-refractivity contribution in [2.45, 2.75) is 20.3 Å². The van der Waals surface area contributed by atoms with Gasteiger partial charge in [-0.05, 0) is 54.7 Å². The first-order chi connectivity index (χ1) is 14.8. The standard InChI is InChI=1S/C22H24Cl2N4O3/c1-14-10-15(2)13-27(12-14)22(31)28(17-7-5-16(23)6-8-17)19(29)11-26-21(30)18-4-3-9-25-20(18)24/h3-9,14-15H,10-13H2,1-2H3,(H,26,30)/t14-,15+. The summed E-state index contributed by atoms with van der Waals surface area (Å²) in [6, 6.07) is 9.10. The molecule has 2 aromatic rings. The second kappa shape index (κ2) is 10.1. The van der Waals surface area contributed by atoms with Gasteiger partial charge < -0.3 is 10.2 Å². The SMILES string of the molecule is C[C@@H]1C[C@H](C)CN(C(=O)N(C(=O)CNC(=O)c2cccnc2Cl)c2ccc(Cl)cc2)C1. The summed E-state index contributed by atoms with van der Waals surface area (Å²) in [5.41, 5.74) is 0.541. The van der Waals surface area contributed by atoms with Crippen molar-refractivity contribution < 1.29 is 14.4 Å². The fraction of sp³-hybridized carbons (Fsp3) is 0.364. The average molecular weight is 463 g/mol. The number of amides is 4. The third kappa shape index (κ3) is 5.74. The first-order valence-electron chi connectivity index (χ1n) is 10.0. The predicted molar refractivity (Wildman–Crippen MR) is 120 cm³/mol. The Morgan fingerprint density at radius 1 is 1.10 bits per heavy atom. The quantitative estimate of drug-likeness (QED) is 0.688. The molecular weight excluding hydrogens is 439 g/mol. The topological polar surface area (TPSA) is 82.6 Å². The molecule has 0 radical (unpaired) electrons. The summed E-state index contributed by atoms with van der Waals surface area (Å²) < 4.78 is 0. The van der Waals surface area contributed by atoms with Crippen LogP contribution in [-0.2, 0) is 4.79 Å². The summed E-state index contributed by atoms with van der Waals surface area (Å²) in [5.74, 6) is -0.439. The molecule has 1 aromatic heterocycles. The Labute approximate surface area is 191 Å². The fourth-order valence-electron chi connectivity index (χ4n) is 3.80. The van der Waals surface area contributed by atoms with Crippen LogP contribution in [0, 0.1) is 11.8 Å². The number of carbonyl (C=O) groups is 3. The monoisotopic (exact) mass is 462 g/mol. The largest absolute Gasteiger partial charge is 0.343 e. The highest BCUT2D eigenvalue weighted by Gasteiger charge is 2.32. The van der Waals surface area contributed by atoms with Gasteiger partial charge in [-0.1, -0.05) is 37.0 Å². The van der Waals surface area contributed by atoms with Gasteiger partial charge in [-0.2, -0.15) is 0 Å². The number of nitrogens with zero attached hydrogens (tertiary/aromatic N) is 3. The third-order valence-electron chi connectivity index (χ3n) is 5.07. The Bertz CT molecular complexity index is 957. The molecule has 3 rings (SSSR count). The zero-order valence-electron chi connectivity index (χ0n) is 17.3. The van der Waals surface area contributed by atoms with Crippen LogP contribution in [0.4, 0.5) is 10.5 Å². The number of carbonyl (C=O) groups excluding carboxylic acids is 3. The van der Waals surface area contributed by atoms with Gasteiger partial charge in [0.2, 0.25) is 0 Å². The van der Waals surface area contributed by atoms with E-state index in [-0.39, 0.29) is 17.3 Å². The number of pyridine rings is 1. The van der Waals surface area contributed by atoms with Gasteiger partial charge in [0.25, 0.3) is 11.8 Å². The normalized spacial score (nSPS) is 18.4. The van der Waals surface area contributed by atoms with Crippen molar-refractivity contribution >= 4 is 46.7 Å². The summed E-state index contributed by atoms with van der Waals surface area (Å²) in [6.45, 7) is 4.93. The van der Waals surface area contributed by atoms with Gasteiger partial charge in [-0.25, -0.2) is 14.7 Å². The van der Waals surface area contributed by atoms with Crippen LogP contribution in [0.25, 0.3) is 0 Å². The van der Waals surface area contributed by atoms with Gasteiger partial charge in [0.15, 0.2) is 0 Å². The Balaban J connectivity index is 1.79. The first kappa shape index (κ1) is 23.0. The van der Waals surface area contributed by atoms with E-state index in [1.54, 1.807) is 35.2 Å². The molecule has 4 amide bonds. The van der Waals surface area contributed by atoms with E-state index in [0.717, 1.165) is 11.3 Å². The van der Waals surface area contributed by atoms with Crippen LogP contribution >= 0.6 is 23.2 Å².